The van der Waals surface area contributed by atoms with E-state index in [-0.39, 0.29) is 11.9 Å². The number of nitriles is 1. The molecule has 0 aliphatic heterocycles. The van der Waals surface area contributed by atoms with Crippen LogP contribution in [-0.4, -0.2) is 20.7 Å². The molecule has 1 atom stereocenters. The molecule has 1 amide bonds. The first-order chi connectivity index (χ1) is 11.5. The fourth-order valence-electron chi connectivity index (χ4n) is 2.76. The van der Waals surface area contributed by atoms with Crippen LogP contribution in [0.5, 0.6) is 0 Å². The predicted octanol–water partition coefficient (Wildman–Crippen LogP) is 2.62. The van der Waals surface area contributed by atoms with E-state index in [0.29, 0.717) is 25.8 Å². The number of nitrogens with zero attached hydrogens (tertiary/aromatic N) is 4. The van der Waals surface area contributed by atoms with E-state index >= 15 is 0 Å². The van der Waals surface area contributed by atoms with Gasteiger partial charge in [-0.1, -0.05) is 0 Å². The molecule has 126 valence electrons. The lowest BCUT2D eigenvalue weighted by molar-refractivity contribution is -0.121. The van der Waals surface area contributed by atoms with Gasteiger partial charge in [-0.25, -0.2) is 0 Å². The molecule has 1 unspecified atom stereocenters. The highest BCUT2D eigenvalue weighted by Crippen LogP contribution is 2.16. The number of hydrogen-bond acceptors (Lipinski definition) is 4. The lowest BCUT2D eigenvalue weighted by Crippen LogP contribution is -2.26. The SMILES string of the molecule is Cc1nn(CCC#N)c(C)c1CCC(=O)NC(C)c1ccncc1. The molecule has 1 N–H and O–H groups in total. The van der Waals surface area contributed by atoms with E-state index in [0.717, 1.165) is 22.5 Å². The van der Waals surface area contributed by atoms with Crippen LogP contribution in [0.1, 0.15) is 48.3 Å². The van der Waals surface area contributed by atoms with Gasteiger partial charge in [0.05, 0.1) is 30.8 Å². The van der Waals surface area contributed by atoms with Gasteiger partial charge in [0.1, 0.15) is 0 Å². The minimum atomic E-state index is -0.0407. The molecule has 0 aromatic carbocycles. The summed E-state index contributed by atoms with van der Waals surface area (Å²) in [5.74, 6) is 0.0166. The van der Waals surface area contributed by atoms with Gasteiger partial charge in [0.2, 0.25) is 5.91 Å². The molecule has 2 heterocycles. The average Bonchev–Trinajstić information content (AvgIpc) is 2.85. The fraction of sp³-hybridized carbons (Fsp3) is 0.444. The van der Waals surface area contributed by atoms with Gasteiger partial charge in [-0.05, 0) is 50.5 Å². The maximum atomic E-state index is 12.2. The summed E-state index contributed by atoms with van der Waals surface area (Å²) in [4.78, 5) is 16.2. The number of rotatable bonds is 7. The van der Waals surface area contributed by atoms with E-state index in [2.05, 4.69) is 21.5 Å². The van der Waals surface area contributed by atoms with Gasteiger partial charge >= 0.3 is 0 Å². The van der Waals surface area contributed by atoms with Crippen molar-refractivity contribution in [2.24, 2.45) is 0 Å². The maximum Gasteiger partial charge on any atom is 0.220 e. The van der Waals surface area contributed by atoms with Crippen molar-refractivity contribution >= 4 is 5.91 Å². The second-order valence-corrected chi connectivity index (χ2v) is 5.85. The minimum Gasteiger partial charge on any atom is -0.350 e. The summed E-state index contributed by atoms with van der Waals surface area (Å²) in [7, 11) is 0. The van der Waals surface area contributed by atoms with E-state index in [1.165, 1.54) is 0 Å². The highest BCUT2D eigenvalue weighted by atomic mass is 16.1. The molecule has 0 aliphatic rings. The number of aromatic nitrogens is 3. The van der Waals surface area contributed by atoms with Crippen LogP contribution in [0.15, 0.2) is 24.5 Å². The monoisotopic (exact) mass is 325 g/mol. The molecule has 0 radical (unpaired) electrons. The molecular weight excluding hydrogens is 302 g/mol. The van der Waals surface area contributed by atoms with Gasteiger partial charge in [0.25, 0.3) is 0 Å². The molecule has 0 fully saturated rings. The lowest BCUT2D eigenvalue weighted by Gasteiger charge is -2.14. The Morgan fingerprint density at radius 2 is 2.08 bits per heavy atom. The summed E-state index contributed by atoms with van der Waals surface area (Å²) in [5, 5.41) is 16.2. The van der Waals surface area contributed by atoms with Gasteiger partial charge in [0, 0.05) is 24.5 Å². The van der Waals surface area contributed by atoms with Crippen molar-refractivity contribution in [1.29, 1.82) is 5.26 Å². The Labute approximate surface area is 142 Å². The number of carbonyl (C=O) groups is 1. The molecule has 0 saturated carbocycles. The Morgan fingerprint density at radius 1 is 1.38 bits per heavy atom. The molecule has 2 aromatic heterocycles. The van der Waals surface area contributed by atoms with Gasteiger partial charge < -0.3 is 5.32 Å². The zero-order chi connectivity index (χ0) is 17.5. The third-order valence-corrected chi connectivity index (χ3v) is 4.15. The Kier molecular flexibility index (Phi) is 6.07. The van der Waals surface area contributed by atoms with Crippen molar-refractivity contribution in [3.8, 4) is 6.07 Å². The zero-order valence-corrected chi connectivity index (χ0v) is 14.4. The van der Waals surface area contributed by atoms with Gasteiger partial charge in [-0.3, -0.25) is 14.5 Å². The third kappa shape index (κ3) is 4.42. The van der Waals surface area contributed by atoms with Crippen LogP contribution in [-0.2, 0) is 17.8 Å². The molecule has 24 heavy (non-hydrogen) atoms. The quantitative estimate of drug-likeness (QED) is 0.848. The maximum absolute atomic E-state index is 12.2. The molecule has 0 spiro atoms. The van der Waals surface area contributed by atoms with Crippen LogP contribution in [0, 0.1) is 25.2 Å². The Bertz CT molecular complexity index is 730. The van der Waals surface area contributed by atoms with E-state index < -0.39 is 0 Å². The van der Waals surface area contributed by atoms with Crippen LogP contribution < -0.4 is 5.32 Å². The number of hydrogen-bond donors (Lipinski definition) is 1. The summed E-state index contributed by atoms with van der Waals surface area (Å²) in [6.07, 6.45) is 4.95. The van der Waals surface area contributed by atoms with Crippen molar-refractivity contribution in [3.05, 3.63) is 47.0 Å². The van der Waals surface area contributed by atoms with Gasteiger partial charge in [-0.2, -0.15) is 10.4 Å². The first-order valence-corrected chi connectivity index (χ1v) is 8.12. The Morgan fingerprint density at radius 3 is 2.75 bits per heavy atom. The van der Waals surface area contributed by atoms with Crippen LogP contribution in [0.3, 0.4) is 0 Å². The molecule has 0 bridgehead atoms. The Balaban J connectivity index is 1.92. The van der Waals surface area contributed by atoms with E-state index in [1.54, 1.807) is 12.4 Å². The van der Waals surface area contributed by atoms with Crippen molar-refractivity contribution in [2.75, 3.05) is 0 Å². The number of aryl methyl sites for hydroxylation is 2. The summed E-state index contributed by atoms with van der Waals surface area (Å²) in [5.41, 5.74) is 4.10. The first-order valence-electron chi connectivity index (χ1n) is 8.12. The normalized spacial score (nSPS) is 11.8. The smallest absolute Gasteiger partial charge is 0.220 e. The number of carbonyl (C=O) groups excluding carboxylic acids is 1. The third-order valence-electron chi connectivity index (χ3n) is 4.15. The predicted molar refractivity (Wildman–Crippen MR) is 91.0 cm³/mol. The zero-order valence-electron chi connectivity index (χ0n) is 14.4. The average molecular weight is 325 g/mol. The Hall–Kier alpha value is -2.68. The number of pyridine rings is 1. The first kappa shape index (κ1) is 17.7. The summed E-state index contributed by atoms with van der Waals surface area (Å²) >= 11 is 0. The van der Waals surface area contributed by atoms with Crippen molar-refractivity contribution in [3.63, 3.8) is 0 Å². The van der Waals surface area contributed by atoms with E-state index in [9.17, 15) is 4.79 Å². The van der Waals surface area contributed by atoms with Crippen LogP contribution >= 0.6 is 0 Å². The molecule has 2 rings (SSSR count). The summed E-state index contributed by atoms with van der Waals surface area (Å²) in [6.45, 7) is 6.49. The van der Waals surface area contributed by atoms with Crippen LogP contribution in [0.25, 0.3) is 0 Å². The van der Waals surface area contributed by atoms with Gasteiger partial charge in [-0.15, -0.1) is 0 Å². The van der Waals surface area contributed by atoms with Gasteiger partial charge in [0.15, 0.2) is 0 Å². The van der Waals surface area contributed by atoms with Crippen molar-refractivity contribution in [2.45, 2.75) is 52.6 Å². The molecule has 6 nitrogen and oxygen atoms in total. The van der Waals surface area contributed by atoms with Crippen molar-refractivity contribution < 1.29 is 4.79 Å². The summed E-state index contributed by atoms with van der Waals surface area (Å²) < 4.78 is 1.85. The molecule has 0 saturated heterocycles. The number of nitrogens with one attached hydrogen (secondary N) is 1. The fourth-order valence-corrected chi connectivity index (χ4v) is 2.76. The molecular formula is C18H23N5O. The molecule has 2 aromatic rings. The topological polar surface area (TPSA) is 83.6 Å². The van der Waals surface area contributed by atoms with E-state index in [1.807, 2.05) is 37.6 Å². The molecule has 6 heteroatoms. The lowest BCUT2D eigenvalue weighted by atomic mass is 10.1. The second-order valence-electron chi connectivity index (χ2n) is 5.85. The molecule has 0 aliphatic carbocycles. The van der Waals surface area contributed by atoms with Crippen LogP contribution in [0.2, 0.25) is 0 Å². The largest absolute Gasteiger partial charge is 0.350 e. The second kappa shape index (κ2) is 8.25. The van der Waals surface area contributed by atoms with Crippen LogP contribution in [0.4, 0.5) is 0 Å². The van der Waals surface area contributed by atoms with Crippen molar-refractivity contribution in [1.82, 2.24) is 20.1 Å². The van der Waals surface area contributed by atoms with E-state index in [4.69, 9.17) is 5.26 Å². The highest BCUT2D eigenvalue weighted by Gasteiger charge is 2.14. The summed E-state index contributed by atoms with van der Waals surface area (Å²) in [6, 6.07) is 5.89. The standard InChI is InChI=1S/C18H23N5O/c1-13(16-7-10-20-11-8-16)21-18(24)6-5-17-14(2)22-23(15(17)3)12-4-9-19/h7-8,10-11,13H,4-6,12H2,1-3H3,(H,21,24). The number of amides is 1. The minimum absolute atomic E-state index is 0.0166. The highest BCUT2D eigenvalue weighted by molar-refractivity contribution is 5.76.